The third-order valence-corrected chi connectivity index (χ3v) is 7.37. The van der Waals surface area contributed by atoms with Gasteiger partial charge in [-0.15, -0.1) is 0 Å². The van der Waals surface area contributed by atoms with Crippen molar-refractivity contribution in [2.45, 2.75) is 72.0 Å². The average Bonchev–Trinajstić information content (AvgIpc) is 2.54. The molecular weight excluding hydrogens is 348 g/mol. The van der Waals surface area contributed by atoms with Crippen LogP contribution in [0.1, 0.15) is 48.1 Å². The topological polar surface area (TPSA) is 58.6 Å². The van der Waals surface area contributed by atoms with Crippen molar-refractivity contribution in [2.75, 3.05) is 26.2 Å². The lowest BCUT2D eigenvalue weighted by atomic mass is 9.95. The molecule has 0 bridgehead atoms. The molecule has 1 aliphatic rings. The van der Waals surface area contributed by atoms with Crippen molar-refractivity contribution < 1.29 is 13.2 Å². The molecule has 1 N–H and O–H groups in total. The summed E-state index contributed by atoms with van der Waals surface area (Å²) >= 11 is 0. The lowest BCUT2D eigenvalue weighted by molar-refractivity contribution is -0.0679. The van der Waals surface area contributed by atoms with Crippen LogP contribution in [-0.4, -0.2) is 51.7 Å². The monoisotopic (exact) mass is 382 g/mol. The molecular formula is C20H34N2O3S. The highest BCUT2D eigenvalue weighted by Crippen LogP contribution is 2.29. The minimum atomic E-state index is -3.50. The number of nitrogens with one attached hydrogen (secondary N) is 1. The first-order valence-electron chi connectivity index (χ1n) is 9.49. The van der Waals surface area contributed by atoms with Crippen LogP contribution in [0.4, 0.5) is 0 Å². The van der Waals surface area contributed by atoms with Gasteiger partial charge in [-0.3, -0.25) is 4.90 Å². The second-order valence-corrected chi connectivity index (χ2v) is 9.43. The number of sulfonamides is 1. The van der Waals surface area contributed by atoms with E-state index in [1.54, 1.807) is 0 Å². The molecule has 0 spiro atoms. The van der Waals surface area contributed by atoms with Crippen LogP contribution in [0.2, 0.25) is 0 Å². The summed E-state index contributed by atoms with van der Waals surface area (Å²) in [6.45, 7) is 17.2. The fourth-order valence-corrected chi connectivity index (χ4v) is 5.59. The molecule has 1 aromatic carbocycles. The van der Waals surface area contributed by atoms with Gasteiger partial charge < -0.3 is 4.74 Å². The van der Waals surface area contributed by atoms with Gasteiger partial charge in [0.1, 0.15) is 0 Å². The molecule has 0 radical (unpaired) electrons. The molecule has 0 saturated carbocycles. The zero-order valence-electron chi connectivity index (χ0n) is 17.3. The molecule has 0 aromatic heterocycles. The number of ether oxygens (including phenoxy) is 1. The lowest BCUT2D eigenvalue weighted by Gasteiger charge is -2.35. The van der Waals surface area contributed by atoms with Gasteiger partial charge >= 0.3 is 0 Å². The molecule has 2 atom stereocenters. The maximum Gasteiger partial charge on any atom is 0.241 e. The van der Waals surface area contributed by atoms with Crippen LogP contribution in [0.25, 0.3) is 0 Å². The molecule has 6 heteroatoms. The van der Waals surface area contributed by atoms with Gasteiger partial charge in [0.2, 0.25) is 10.0 Å². The lowest BCUT2D eigenvalue weighted by Crippen LogP contribution is -2.46. The Morgan fingerprint density at radius 3 is 1.88 bits per heavy atom. The number of hydrogen-bond donors (Lipinski definition) is 1. The van der Waals surface area contributed by atoms with Gasteiger partial charge in [0, 0.05) is 19.6 Å². The van der Waals surface area contributed by atoms with E-state index in [0.717, 1.165) is 48.3 Å². The summed E-state index contributed by atoms with van der Waals surface area (Å²) in [5, 5.41) is 0. The fourth-order valence-electron chi connectivity index (χ4n) is 3.92. The summed E-state index contributed by atoms with van der Waals surface area (Å²) in [7, 11) is -3.50. The minimum Gasteiger partial charge on any atom is -0.373 e. The number of hydrogen-bond acceptors (Lipinski definition) is 4. The second kappa shape index (κ2) is 8.38. The van der Waals surface area contributed by atoms with E-state index in [9.17, 15) is 8.42 Å². The Kier molecular flexibility index (Phi) is 6.88. The highest BCUT2D eigenvalue weighted by atomic mass is 32.2. The van der Waals surface area contributed by atoms with Crippen LogP contribution >= 0.6 is 0 Å². The normalized spacial score (nSPS) is 22.0. The Balaban J connectivity index is 2.02. The first-order chi connectivity index (χ1) is 12.0. The van der Waals surface area contributed by atoms with Crippen LogP contribution in [0.15, 0.2) is 4.90 Å². The predicted molar refractivity (Wildman–Crippen MR) is 106 cm³/mol. The molecule has 5 nitrogen and oxygen atoms in total. The van der Waals surface area contributed by atoms with Gasteiger partial charge in [0.25, 0.3) is 0 Å². The van der Waals surface area contributed by atoms with Gasteiger partial charge in [-0.1, -0.05) is 0 Å². The third-order valence-electron chi connectivity index (χ3n) is 5.64. The van der Waals surface area contributed by atoms with Gasteiger partial charge in [-0.25, -0.2) is 13.1 Å². The van der Waals surface area contributed by atoms with Crippen molar-refractivity contribution in [1.29, 1.82) is 0 Å². The second-order valence-electron chi connectivity index (χ2n) is 7.72. The molecule has 1 fully saturated rings. The first-order valence-corrected chi connectivity index (χ1v) is 11.0. The van der Waals surface area contributed by atoms with Gasteiger partial charge in [-0.05, 0) is 89.2 Å². The first kappa shape index (κ1) is 21.4. The molecule has 2 rings (SSSR count). The van der Waals surface area contributed by atoms with Gasteiger partial charge in [0.05, 0.1) is 17.1 Å². The number of nitrogens with zero attached hydrogens (tertiary/aromatic N) is 1. The zero-order chi connectivity index (χ0) is 19.6. The SMILES string of the molecule is Cc1c(C)c(C)c(S(=O)(=O)NCCCN2C[C@@H](C)O[C@@H](C)C2)c(C)c1C. The quantitative estimate of drug-likeness (QED) is 0.769. The molecule has 0 unspecified atom stereocenters. The summed E-state index contributed by atoms with van der Waals surface area (Å²) in [4.78, 5) is 2.80. The third kappa shape index (κ3) is 4.66. The molecule has 0 amide bonds. The van der Waals surface area contributed by atoms with E-state index >= 15 is 0 Å². The Bertz CT molecular complexity index is 720. The van der Waals surface area contributed by atoms with E-state index in [-0.39, 0.29) is 12.2 Å². The minimum absolute atomic E-state index is 0.235. The predicted octanol–water partition coefficient (Wildman–Crippen LogP) is 3.01. The Morgan fingerprint density at radius 1 is 0.923 bits per heavy atom. The molecule has 1 aromatic rings. The summed E-state index contributed by atoms with van der Waals surface area (Å²) in [6, 6.07) is 0. The van der Waals surface area contributed by atoms with Crippen LogP contribution < -0.4 is 4.72 Å². The van der Waals surface area contributed by atoms with Crippen molar-refractivity contribution in [2.24, 2.45) is 0 Å². The van der Waals surface area contributed by atoms with Crippen LogP contribution in [0, 0.1) is 34.6 Å². The largest absolute Gasteiger partial charge is 0.373 e. The smallest absolute Gasteiger partial charge is 0.241 e. The van der Waals surface area contributed by atoms with Crippen LogP contribution in [-0.2, 0) is 14.8 Å². The van der Waals surface area contributed by atoms with Crippen molar-refractivity contribution in [3.63, 3.8) is 0 Å². The van der Waals surface area contributed by atoms with Crippen molar-refractivity contribution in [1.82, 2.24) is 9.62 Å². The average molecular weight is 383 g/mol. The molecule has 1 aliphatic heterocycles. The number of benzene rings is 1. The van der Waals surface area contributed by atoms with Crippen molar-refractivity contribution in [3.05, 3.63) is 27.8 Å². The Hall–Kier alpha value is -0.950. The summed E-state index contributed by atoms with van der Waals surface area (Å²) < 4.78 is 34.3. The van der Waals surface area contributed by atoms with E-state index in [4.69, 9.17) is 4.74 Å². The molecule has 0 aliphatic carbocycles. The standard InChI is InChI=1S/C20H34N2O3S/c1-13-11-22(12-14(2)25-13)10-8-9-21-26(23,24)20-18(6)16(4)15(3)17(5)19(20)7/h13-14,21H,8-12H2,1-7H3/t13-,14+. The maximum atomic E-state index is 12.9. The Labute approximate surface area is 159 Å². The van der Waals surface area contributed by atoms with Crippen molar-refractivity contribution in [3.8, 4) is 0 Å². The molecule has 26 heavy (non-hydrogen) atoms. The van der Waals surface area contributed by atoms with Gasteiger partial charge in [0.15, 0.2) is 0 Å². The molecule has 148 valence electrons. The van der Waals surface area contributed by atoms with Crippen LogP contribution in [0.3, 0.4) is 0 Å². The molecule has 1 heterocycles. The summed E-state index contributed by atoms with van der Waals surface area (Å²) in [5.41, 5.74) is 5.01. The highest BCUT2D eigenvalue weighted by Gasteiger charge is 2.24. The van der Waals surface area contributed by atoms with Crippen molar-refractivity contribution >= 4 is 10.0 Å². The summed E-state index contributed by atoms with van der Waals surface area (Å²) in [5.74, 6) is 0. The summed E-state index contributed by atoms with van der Waals surface area (Å²) in [6.07, 6.45) is 1.26. The van der Waals surface area contributed by atoms with Gasteiger partial charge in [-0.2, -0.15) is 0 Å². The fraction of sp³-hybridized carbons (Fsp3) is 0.700. The Morgan fingerprint density at radius 2 is 1.38 bits per heavy atom. The van der Waals surface area contributed by atoms with E-state index in [1.165, 1.54) is 5.56 Å². The van der Waals surface area contributed by atoms with E-state index in [0.29, 0.717) is 11.4 Å². The highest BCUT2D eigenvalue weighted by molar-refractivity contribution is 7.89. The number of rotatable bonds is 6. The van der Waals surface area contributed by atoms with E-state index in [1.807, 2.05) is 27.7 Å². The van der Waals surface area contributed by atoms with E-state index in [2.05, 4.69) is 30.4 Å². The van der Waals surface area contributed by atoms with Crippen LogP contribution in [0.5, 0.6) is 0 Å². The zero-order valence-corrected chi connectivity index (χ0v) is 18.1. The molecule has 1 saturated heterocycles. The van der Waals surface area contributed by atoms with E-state index < -0.39 is 10.0 Å². The number of morpholine rings is 1. The maximum absolute atomic E-state index is 12.9.